The van der Waals surface area contributed by atoms with Crippen LogP contribution in [0.2, 0.25) is 0 Å². The Kier molecular flexibility index (Phi) is 11.6. The number of amidine groups is 1. The molecule has 204 valence electrons. The van der Waals surface area contributed by atoms with Gasteiger partial charge in [-0.2, -0.15) is 0 Å². The predicted molar refractivity (Wildman–Crippen MR) is 148 cm³/mol. The molecule has 2 aliphatic heterocycles. The molecule has 2 aliphatic rings. The highest BCUT2D eigenvalue weighted by molar-refractivity contribution is 8.13. The second-order valence-corrected chi connectivity index (χ2v) is 9.96. The number of unbranched alkanes of at least 4 members (excludes halogenated alkanes) is 1. The standard InChI is InChI=1S/C24H30FN3OS.C4H4O4/c1-27(24-26-23-10-3-2-7-19(23)18-30-24)21-11-14-28(15-12-21)13-4-5-16-29-22-9-6-8-20(25)17-22;5-3(6)1-2-4(7)8/h2-3,6-10,17,21H,4-5,11-16,18H2,1H3;1-2H,(H,5,6)(H,7,8)/b;2-1+. The van der Waals surface area contributed by atoms with Gasteiger partial charge in [0.2, 0.25) is 0 Å². The Morgan fingerprint density at radius 1 is 1.11 bits per heavy atom. The lowest BCUT2D eigenvalue weighted by Gasteiger charge is -2.38. The summed E-state index contributed by atoms with van der Waals surface area (Å²) in [7, 11) is 2.20. The fraction of sp³-hybridized carbons (Fsp3) is 0.393. The van der Waals surface area contributed by atoms with Crippen LogP contribution in [0.1, 0.15) is 31.2 Å². The summed E-state index contributed by atoms with van der Waals surface area (Å²) in [5.41, 5.74) is 2.45. The number of aliphatic carboxylic acids is 2. The van der Waals surface area contributed by atoms with Gasteiger partial charge in [0.15, 0.2) is 5.17 Å². The number of likely N-dealkylation sites (tertiary alicyclic amines) is 1. The summed E-state index contributed by atoms with van der Waals surface area (Å²) >= 11 is 1.85. The SMILES string of the molecule is CN(C1=Nc2ccccc2CS1)C1CCN(CCCCOc2cccc(F)c2)CC1.O=C(O)/C=C/C(=O)O. The van der Waals surface area contributed by atoms with Crippen LogP contribution in [0.3, 0.4) is 0 Å². The van der Waals surface area contributed by atoms with E-state index in [4.69, 9.17) is 19.9 Å². The number of rotatable bonds is 9. The fourth-order valence-corrected chi connectivity index (χ4v) is 5.26. The molecule has 2 heterocycles. The van der Waals surface area contributed by atoms with Gasteiger partial charge in [0.25, 0.3) is 0 Å². The minimum Gasteiger partial charge on any atom is -0.493 e. The maximum absolute atomic E-state index is 13.2. The highest BCUT2D eigenvalue weighted by atomic mass is 32.2. The van der Waals surface area contributed by atoms with Crippen LogP contribution >= 0.6 is 11.8 Å². The largest absolute Gasteiger partial charge is 0.493 e. The molecule has 1 saturated heterocycles. The molecule has 4 rings (SSSR count). The summed E-state index contributed by atoms with van der Waals surface area (Å²) in [5, 5.41) is 16.8. The van der Waals surface area contributed by atoms with Crippen LogP contribution in [0.4, 0.5) is 10.1 Å². The van der Waals surface area contributed by atoms with E-state index in [0.717, 1.165) is 49.1 Å². The molecule has 38 heavy (non-hydrogen) atoms. The maximum Gasteiger partial charge on any atom is 0.328 e. The predicted octanol–water partition coefficient (Wildman–Crippen LogP) is 5.03. The quantitative estimate of drug-likeness (QED) is 0.336. The van der Waals surface area contributed by atoms with Gasteiger partial charge in [-0.1, -0.05) is 36.0 Å². The first-order chi connectivity index (χ1) is 18.3. The van der Waals surface area contributed by atoms with E-state index in [9.17, 15) is 14.0 Å². The lowest BCUT2D eigenvalue weighted by Crippen LogP contribution is -2.45. The van der Waals surface area contributed by atoms with Crippen LogP contribution in [0, 0.1) is 5.82 Å². The topological polar surface area (TPSA) is 103 Å². The number of hydrogen-bond donors (Lipinski definition) is 2. The van der Waals surface area contributed by atoms with Crippen molar-refractivity contribution in [3.63, 3.8) is 0 Å². The zero-order valence-corrected chi connectivity index (χ0v) is 22.3. The Labute approximate surface area is 226 Å². The Bertz CT molecular complexity index is 1120. The van der Waals surface area contributed by atoms with E-state index in [0.29, 0.717) is 30.6 Å². The lowest BCUT2D eigenvalue weighted by atomic mass is 10.0. The third kappa shape index (κ3) is 9.83. The highest BCUT2D eigenvalue weighted by Crippen LogP contribution is 2.32. The molecule has 2 aromatic carbocycles. The summed E-state index contributed by atoms with van der Waals surface area (Å²) in [6, 6.07) is 15.4. The molecule has 0 amide bonds. The second-order valence-electron chi connectivity index (χ2n) is 9.02. The molecular formula is C28H34FN3O5S. The van der Waals surface area contributed by atoms with Gasteiger partial charge in [-0.3, -0.25) is 0 Å². The Hall–Kier alpha value is -3.37. The first-order valence-corrected chi connectivity index (χ1v) is 13.6. The van der Waals surface area contributed by atoms with E-state index in [1.807, 2.05) is 11.8 Å². The van der Waals surface area contributed by atoms with E-state index >= 15 is 0 Å². The number of thioether (sulfide) groups is 1. The molecule has 10 heteroatoms. The van der Waals surface area contributed by atoms with E-state index in [1.165, 1.54) is 30.5 Å². The number of nitrogens with zero attached hydrogens (tertiary/aromatic N) is 3. The normalized spacial score (nSPS) is 15.7. The summed E-state index contributed by atoms with van der Waals surface area (Å²) in [4.78, 5) is 28.9. The van der Waals surface area contributed by atoms with Crippen LogP contribution in [0.15, 0.2) is 65.7 Å². The molecule has 2 N–H and O–H groups in total. The lowest BCUT2D eigenvalue weighted by molar-refractivity contribution is -0.134. The van der Waals surface area contributed by atoms with Gasteiger partial charge in [0.05, 0.1) is 12.3 Å². The van der Waals surface area contributed by atoms with Crippen LogP contribution in [-0.2, 0) is 15.3 Å². The van der Waals surface area contributed by atoms with Gasteiger partial charge >= 0.3 is 11.9 Å². The molecule has 0 radical (unpaired) electrons. The van der Waals surface area contributed by atoms with E-state index < -0.39 is 11.9 Å². The van der Waals surface area contributed by atoms with Gasteiger partial charge in [-0.05, 0) is 56.0 Å². The molecule has 0 bridgehead atoms. The van der Waals surface area contributed by atoms with Crippen LogP contribution < -0.4 is 4.74 Å². The molecule has 1 fully saturated rings. The van der Waals surface area contributed by atoms with Crippen molar-refractivity contribution < 1.29 is 28.9 Å². The van der Waals surface area contributed by atoms with Crippen molar-refractivity contribution in [2.75, 3.05) is 33.3 Å². The average Bonchev–Trinajstić information content (AvgIpc) is 2.92. The van der Waals surface area contributed by atoms with Crippen LogP contribution in [0.25, 0.3) is 0 Å². The minimum atomic E-state index is -1.26. The van der Waals surface area contributed by atoms with Crippen molar-refractivity contribution in [2.24, 2.45) is 4.99 Å². The molecule has 0 saturated carbocycles. The number of aliphatic imine (C=N–C) groups is 1. The van der Waals surface area contributed by atoms with Crippen molar-refractivity contribution in [2.45, 2.75) is 37.5 Å². The third-order valence-electron chi connectivity index (χ3n) is 6.27. The van der Waals surface area contributed by atoms with Gasteiger partial charge in [-0.15, -0.1) is 0 Å². The van der Waals surface area contributed by atoms with Crippen molar-refractivity contribution in [1.29, 1.82) is 0 Å². The molecule has 0 aromatic heterocycles. The number of para-hydroxylation sites is 1. The molecule has 0 unspecified atom stereocenters. The van der Waals surface area contributed by atoms with Gasteiger partial charge in [-0.25, -0.2) is 19.0 Å². The van der Waals surface area contributed by atoms with Crippen molar-refractivity contribution in [1.82, 2.24) is 9.80 Å². The molecule has 0 atom stereocenters. The summed E-state index contributed by atoms with van der Waals surface area (Å²) < 4.78 is 18.8. The number of piperidine rings is 1. The molecule has 8 nitrogen and oxygen atoms in total. The monoisotopic (exact) mass is 543 g/mol. The van der Waals surface area contributed by atoms with E-state index in [1.54, 1.807) is 12.1 Å². The van der Waals surface area contributed by atoms with Crippen LogP contribution in [-0.4, -0.2) is 76.4 Å². The Balaban J connectivity index is 0.000000436. The summed E-state index contributed by atoms with van der Waals surface area (Å²) in [5.74, 6) is -1.14. The zero-order valence-electron chi connectivity index (χ0n) is 21.5. The number of hydrogen-bond acceptors (Lipinski definition) is 7. The molecule has 2 aromatic rings. The summed E-state index contributed by atoms with van der Waals surface area (Å²) in [6.45, 7) is 4.01. The van der Waals surface area contributed by atoms with E-state index in [2.05, 4.69) is 41.1 Å². The smallest absolute Gasteiger partial charge is 0.328 e. The summed E-state index contributed by atoms with van der Waals surface area (Å²) in [6.07, 6.45) is 5.57. The minimum absolute atomic E-state index is 0.248. The number of carbonyl (C=O) groups is 2. The number of carboxylic acid groups (broad SMARTS) is 2. The second kappa shape index (κ2) is 15.1. The number of ether oxygens (including phenoxy) is 1. The number of carboxylic acids is 2. The Morgan fingerprint density at radius 2 is 1.82 bits per heavy atom. The average molecular weight is 544 g/mol. The first-order valence-electron chi connectivity index (χ1n) is 12.6. The van der Waals surface area contributed by atoms with Crippen LogP contribution in [0.5, 0.6) is 5.75 Å². The maximum atomic E-state index is 13.2. The number of fused-ring (bicyclic) bond motifs is 1. The third-order valence-corrected chi connectivity index (χ3v) is 7.37. The van der Waals surface area contributed by atoms with Crippen molar-refractivity contribution in [3.05, 3.63) is 72.1 Å². The molecule has 0 aliphatic carbocycles. The molecule has 0 spiro atoms. The van der Waals surface area contributed by atoms with Gasteiger partial charge < -0.3 is 24.7 Å². The highest BCUT2D eigenvalue weighted by Gasteiger charge is 2.26. The zero-order chi connectivity index (χ0) is 27.3. The van der Waals surface area contributed by atoms with Gasteiger partial charge in [0, 0.05) is 50.2 Å². The number of benzene rings is 2. The van der Waals surface area contributed by atoms with Gasteiger partial charge in [0.1, 0.15) is 11.6 Å². The first kappa shape index (κ1) is 29.2. The fourth-order valence-electron chi connectivity index (χ4n) is 4.21. The van der Waals surface area contributed by atoms with E-state index in [-0.39, 0.29) is 5.82 Å². The number of halogens is 1. The van der Waals surface area contributed by atoms with Crippen molar-refractivity contribution in [3.8, 4) is 5.75 Å². The molecular weight excluding hydrogens is 509 g/mol. The Morgan fingerprint density at radius 3 is 2.50 bits per heavy atom. The van der Waals surface area contributed by atoms with Crippen molar-refractivity contribution >= 4 is 34.6 Å².